The Balaban J connectivity index is -0.000000132. The van der Waals surface area contributed by atoms with E-state index >= 15 is 0 Å². The number of hydrazone groups is 1. The van der Waals surface area contributed by atoms with Gasteiger partial charge in [-0.15, -0.1) is 0 Å². The molecule has 41 heavy (non-hydrogen) atoms. The van der Waals surface area contributed by atoms with Gasteiger partial charge in [-0.25, -0.2) is 10.2 Å². The van der Waals surface area contributed by atoms with E-state index < -0.39 is 5.97 Å². The van der Waals surface area contributed by atoms with Gasteiger partial charge in [0.25, 0.3) is 0 Å². The van der Waals surface area contributed by atoms with Crippen LogP contribution in [0.3, 0.4) is 0 Å². The number of carbonyl (C=O) groups is 2. The molecule has 0 spiro atoms. The molecule has 0 aliphatic carbocycles. The molecule has 0 radical (unpaired) electrons. The topological polar surface area (TPSA) is 78.8 Å². The Kier molecular flexibility index (Phi) is 45.9. The van der Waals surface area contributed by atoms with E-state index in [1.165, 1.54) is 96.5 Å². The van der Waals surface area contributed by atoms with Crippen LogP contribution < -0.4 is 5.43 Å². The molecular weight excluding hydrogens is 508 g/mol. The molecule has 0 saturated heterocycles. The molecule has 0 aliphatic rings. The molecule has 5 nitrogen and oxygen atoms in total. The molecule has 1 atom stereocenters. The highest BCUT2D eigenvalue weighted by molar-refractivity contribution is 5.81. The van der Waals surface area contributed by atoms with Crippen LogP contribution in [-0.4, -0.2) is 22.7 Å². The fraction of sp³-hybridized carbons (Fsp3) is 0.861. The minimum Gasteiger partial charge on any atom is -0.478 e. The van der Waals surface area contributed by atoms with Crippen LogP contribution in [0.15, 0.2) is 16.8 Å². The molecule has 0 fully saturated rings. The minimum absolute atomic E-state index is 0.133. The van der Waals surface area contributed by atoms with Gasteiger partial charge in [0.1, 0.15) is 0 Å². The van der Waals surface area contributed by atoms with Crippen molar-refractivity contribution < 1.29 is 14.7 Å². The summed E-state index contributed by atoms with van der Waals surface area (Å²) in [6.07, 6.45) is 21.1. The molecule has 0 rings (SSSR count). The Morgan fingerprint density at radius 1 is 0.780 bits per heavy atom. The van der Waals surface area contributed by atoms with Gasteiger partial charge in [-0.2, -0.15) is 5.10 Å². The predicted octanol–water partition coefficient (Wildman–Crippen LogP) is 12.1. The van der Waals surface area contributed by atoms with Crippen molar-refractivity contribution in [1.29, 1.82) is 0 Å². The second-order valence-electron chi connectivity index (χ2n) is 12.1. The van der Waals surface area contributed by atoms with E-state index in [-0.39, 0.29) is 5.91 Å². The van der Waals surface area contributed by atoms with E-state index in [1.54, 1.807) is 0 Å². The lowest BCUT2D eigenvalue weighted by Gasteiger charge is -2.21. The van der Waals surface area contributed by atoms with Gasteiger partial charge >= 0.3 is 5.97 Å². The summed E-state index contributed by atoms with van der Waals surface area (Å²) in [5.74, 6) is -0.0258. The lowest BCUT2D eigenvalue weighted by atomic mass is 9.85. The van der Waals surface area contributed by atoms with Gasteiger partial charge < -0.3 is 5.11 Å². The van der Waals surface area contributed by atoms with Crippen molar-refractivity contribution in [3.8, 4) is 0 Å². The van der Waals surface area contributed by atoms with Gasteiger partial charge in [0, 0.05) is 18.7 Å². The van der Waals surface area contributed by atoms with E-state index in [0.29, 0.717) is 5.41 Å². The molecule has 0 saturated carbocycles. The zero-order valence-electron chi connectivity index (χ0n) is 30.5. The normalized spacial score (nSPS) is 11.0. The molecule has 0 aromatic rings. The van der Waals surface area contributed by atoms with Crippen LogP contribution in [0.1, 0.15) is 193 Å². The lowest BCUT2D eigenvalue weighted by Crippen LogP contribution is -2.13. The van der Waals surface area contributed by atoms with Gasteiger partial charge in [-0.1, -0.05) is 158 Å². The number of nitrogens with one attached hydrogen (secondary N) is 1. The highest BCUT2D eigenvalue weighted by Crippen LogP contribution is 2.26. The number of allylic oxidation sites excluding steroid dienone is 1. The summed E-state index contributed by atoms with van der Waals surface area (Å²) in [6, 6.07) is 0. The molecule has 0 aromatic heterocycles. The summed E-state index contributed by atoms with van der Waals surface area (Å²) in [7, 11) is 0. The fourth-order valence-electron chi connectivity index (χ4n) is 3.13. The van der Waals surface area contributed by atoms with Crippen molar-refractivity contribution in [3.05, 3.63) is 11.6 Å². The first kappa shape index (κ1) is 49.0. The summed E-state index contributed by atoms with van der Waals surface area (Å²) >= 11 is 0. The monoisotopic (exact) mass is 585 g/mol. The molecule has 0 heterocycles. The van der Waals surface area contributed by atoms with E-state index in [9.17, 15) is 9.59 Å². The molecule has 1 unspecified atom stereocenters. The van der Waals surface area contributed by atoms with E-state index in [2.05, 4.69) is 72.8 Å². The summed E-state index contributed by atoms with van der Waals surface area (Å²) in [6.45, 7) is 29.5. The Morgan fingerprint density at radius 2 is 1.27 bits per heavy atom. The average molecular weight is 585 g/mol. The zero-order valence-corrected chi connectivity index (χ0v) is 30.5. The quantitative estimate of drug-likeness (QED) is 0.0819. The number of rotatable bonds is 16. The SMILES string of the molecule is CC(=O)NN=C(C)C.CCCC(C)=CC(=O)O.CCCCC(C)(C)CC.CCCCC(C)CC.CCCCCCC. The third kappa shape index (κ3) is 63.0. The van der Waals surface area contributed by atoms with Crippen LogP contribution in [0, 0.1) is 11.3 Å². The smallest absolute Gasteiger partial charge is 0.328 e. The molecule has 0 aliphatic heterocycles. The highest BCUT2D eigenvalue weighted by Gasteiger charge is 2.12. The van der Waals surface area contributed by atoms with Crippen LogP contribution in [0.5, 0.6) is 0 Å². The van der Waals surface area contributed by atoms with Gasteiger partial charge in [-0.05, 0) is 44.9 Å². The van der Waals surface area contributed by atoms with Crippen LogP contribution >= 0.6 is 0 Å². The number of carboxylic acid groups (broad SMARTS) is 1. The second-order valence-corrected chi connectivity index (χ2v) is 12.1. The van der Waals surface area contributed by atoms with Crippen LogP contribution in [0.2, 0.25) is 0 Å². The molecule has 5 heteroatoms. The third-order valence-corrected chi connectivity index (χ3v) is 6.57. The minimum atomic E-state index is -0.846. The van der Waals surface area contributed by atoms with Crippen LogP contribution in [0.4, 0.5) is 0 Å². The highest BCUT2D eigenvalue weighted by atomic mass is 16.4. The first-order valence-electron chi connectivity index (χ1n) is 16.8. The number of unbranched alkanes of at least 4 members (excludes halogenated alkanes) is 6. The maximum atomic E-state index is 10.1. The summed E-state index contributed by atoms with van der Waals surface area (Å²) in [4.78, 5) is 20.1. The zero-order chi connectivity index (χ0) is 33.1. The Hall–Kier alpha value is -1.65. The number of carbonyl (C=O) groups excluding carboxylic acids is 1. The summed E-state index contributed by atoms with van der Waals surface area (Å²) in [5, 5.41) is 11.9. The Morgan fingerprint density at radius 3 is 1.56 bits per heavy atom. The number of hydrogen-bond donors (Lipinski definition) is 2. The van der Waals surface area contributed by atoms with Crippen molar-refractivity contribution in [3.63, 3.8) is 0 Å². The van der Waals surface area contributed by atoms with Crippen molar-refractivity contribution >= 4 is 17.6 Å². The Bertz CT molecular complexity index is 602. The van der Waals surface area contributed by atoms with Crippen LogP contribution in [-0.2, 0) is 9.59 Å². The first-order valence-corrected chi connectivity index (χ1v) is 16.8. The van der Waals surface area contributed by atoms with E-state index in [0.717, 1.165) is 30.0 Å². The van der Waals surface area contributed by atoms with Gasteiger partial charge in [0.2, 0.25) is 5.91 Å². The molecule has 0 aromatic carbocycles. The maximum Gasteiger partial charge on any atom is 0.328 e. The maximum absolute atomic E-state index is 10.1. The second kappa shape index (κ2) is 38.4. The van der Waals surface area contributed by atoms with E-state index in [4.69, 9.17) is 5.11 Å². The fourth-order valence-corrected chi connectivity index (χ4v) is 3.13. The molecule has 248 valence electrons. The predicted molar refractivity (Wildman–Crippen MR) is 186 cm³/mol. The number of carboxylic acids is 1. The van der Waals surface area contributed by atoms with Gasteiger partial charge in [0.15, 0.2) is 0 Å². The first-order chi connectivity index (χ1) is 19.1. The number of amides is 1. The largest absolute Gasteiger partial charge is 0.478 e. The van der Waals surface area contributed by atoms with Crippen LogP contribution in [0.25, 0.3) is 0 Å². The Labute approximate surface area is 258 Å². The summed E-state index contributed by atoms with van der Waals surface area (Å²) in [5.41, 5.74) is 4.67. The average Bonchev–Trinajstić information content (AvgIpc) is 2.91. The lowest BCUT2D eigenvalue weighted by molar-refractivity contribution is -0.131. The number of nitrogens with zero attached hydrogens (tertiary/aromatic N) is 1. The van der Waals surface area contributed by atoms with Gasteiger partial charge in [0.05, 0.1) is 0 Å². The molecule has 2 N–H and O–H groups in total. The number of hydrogen-bond acceptors (Lipinski definition) is 3. The molecular formula is C36H76N2O3. The summed E-state index contributed by atoms with van der Waals surface area (Å²) < 4.78 is 0. The van der Waals surface area contributed by atoms with Crippen molar-refractivity contribution in [2.24, 2.45) is 16.4 Å². The van der Waals surface area contributed by atoms with E-state index in [1.807, 2.05) is 27.7 Å². The van der Waals surface area contributed by atoms with Gasteiger partial charge in [-0.3, -0.25) is 4.79 Å². The van der Waals surface area contributed by atoms with Crippen molar-refractivity contribution in [1.82, 2.24) is 5.43 Å². The molecule has 1 amide bonds. The molecule has 0 bridgehead atoms. The number of aliphatic carboxylic acids is 1. The standard InChI is InChI=1S/C9H20.C8H18.C7H12O2.C7H16.C5H10N2O/c1-5-7-8-9(3,4)6-2;1-4-6-7-8(3)5-2;1-3-4-6(2)5-7(8)9;1-3-5-7-6-4-2;1-4(2)6-7-5(3)8/h5-8H2,1-4H3;8H,4-7H2,1-3H3;5H,3-4H2,1-2H3,(H,8,9);3-7H2,1-2H3;1-3H3,(H,7,8). The van der Waals surface area contributed by atoms with Crippen molar-refractivity contribution in [2.75, 3.05) is 0 Å². The van der Waals surface area contributed by atoms with Crippen molar-refractivity contribution in [2.45, 2.75) is 193 Å². The third-order valence-electron chi connectivity index (χ3n) is 6.57.